The predicted octanol–water partition coefficient (Wildman–Crippen LogP) is 1.55. The van der Waals surface area contributed by atoms with Gasteiger partial charge >= 0.3 is 0 Å². The Bertz CT molecular complexity index is 555. The van der Waals surface area contributed by atoms with Crippen molar-refractivity contribution in [1.82, 2.24) is 9.97 Å². The van der Waals surface area contributed by atoms with Gasteiger partial charge in [-0.25, -0.2) is 9.97 Å². The first-order chi connectivity index (χ1) is 10.1. The molecule has 0 bridgehead atoms. The summed E-state index contributed by atoms with van der Waals surface area (Å²) in [4.78, 5) is 23.2. The van der Waals surface area contributed by atoms with E-state index in [0.717, 1.165) is 61.7 Å². The molecule has 3 rings (SSSR count). The lowest BCUT2D eigenvalue weighted by atomic mass is 10.0. The van der Waals surface area contributed by atoms with Crippen LogP contribution in [0.3, 0.4) is 0 Å². The Morgan fingerprint density at radius 1 is 1.29 bits per heavy atom. The molecule has 6 heteroatoms. The topological polar surface area (TPSA) is 84.1 Å². The van der Waals surface area contributed by atoms with Crippen molar-refractivity contribution in [3.8, 4) is 0 Å². The summed E-state index contributed by atoms with van der Waals surface area (Å²) in [5.41, 5.74) is 6.58. The third kappa shape index (κ3) is 2.66. The zero-order valence-electron chi connectivity index (χ0n) is 12.7. The van der Waals surface area contributed by atoms with Crippen LogP contribution in [-0.4, -0.2) is 35.5 Å². The van der Waals surface area contributed by atoms with E-state index in [1.807, 2.05) is 14.0 Å². The van der Waals surface area contributed by atoms with Crippen molar-refractivity contribution in [2.24, 2.45) is 5.73 Å². The summed E-state index contributed by atoms with van der Waals surface area (Å²) in [6.45, 7) is 2.84. The number of piperidine rings is 1. The van der Waals surface area contributed by atoms with Gasteiger partial charge in [0.1, 0.15) is 23.5 Å². The van der Waals surface area contributed by atoms with E-state index in [4.69, 9.17) is 10.7 Å². The summed E-state index contributed by atoms with van der Waals surface area (Å²) in [5, 5.41) is 3.15. The lowest BCUT2D eigenvalue weighted by Gasteiger charge is -2.35. The molecule has 21 heavy (non-hydrogen) atoms. The molecular formula is C15H23N5O. The van der Waals surface area contributed by atoms with Crippen molar-refractivity contribution in [3.63, 3.8) is 0 Å². The number of carbonyl (C=O) groups excluding carboxylic acids is 1. The number of carbonyl (C=O) groups is 1. The molecule has 1 atom stereocenters. The third-order valence-electron chi connectivity index (χ3n) is 4.42. The number of amides is 1. The number of primary amides is 1. The van der Waals surface area contributed by atoms with E-state index >= 15 is 0 Å². The van der Waals surface area contributed by atoms with Gasteiger partial charge in [-0.05, 0) is 39.0 Å². The Hall–Kier alpha value is -1.85. The first kappa shape index (κ1) is 14.1. The Kier molecular flexibility index (Phi) is 3.69. The van der Waals surface area contributed by atoms with Crippen molar-refractivity contribution >= 4 is 17.5 Å². The molecule has 2 aliphatic rings. The highest BCUT2D eigenvalue weighted by Gasteiger charge is 2.33. The summed E-state index contributed by atoms with van der Waals surface area (Å²) >= 11 is 0. The van der Waals surface area contributed by atoms with Crippen LogP contribution in [0.2, 0.25) is 0 Å². The molecule has 0 spiro atoms. The minimum absolute atomic E-state index is 0.246. The molecule has 1 saturated heterocycles. The highest BCUT2D eigenvalue weighted by atomic mass is 16.1. The lowest BCUT2D eigenvalue weighted by Crippen LogP contribution is -2.48. The second-order valence-electron chi connectivity index (χ2n) is 6.01. The summed E-state index contributed by atoms with van der Waals surface area (Å²) < 4.78 is 0. The number of hydrogen-bond donors (Lipinski definition) is 2. The fraction of sp³-hybridized carbons (Fsp3) is 0.667. The SMILES string of the molecule is CNc1nc(C2CC2)nc(N2CCCCC2C(N)=O)c1C. The molecule has 2 fully saturated rings. The van der Waals surface area contributed by atoms with Gasteiger partial charge in [0.05, 0.1) is 0 Å². The molecule has 1 aliphatic carbocycles. The number of nitrogens with one attached hydrogen (secondary N) is 1. The van der Waals surface area contributed by atoms with Crippen LogP contribution in [0.25, 0.3) is 0 Å². The average Bonchev–Trinajstić information content (AvgIpc) is 3.32. The number of nitrogens with two attached hydrogens (primary N) is 1. The third-order valence-corrected chi connectivity index (χ3v) is 4.42. The molecule has 114 valence electrons. The summed E-state index contributed by atoms with van der Waals surface area (Å²) in [6, 6.07) is -0.246. The number of nitrogens with zero attached hydrogens (tertiary/aromatic N) is 3. The van der Waals surface area contributed by atoms with Crippen LogP contribution in [0.1, 0.15) is 49.4 Å². The molecule has 6 nitrogen and oxygen atoms in total. The monoisotopic (exact) mass is 289 g/mol. The van der Waals surface area contributed by atoms with Crippen molar-refractivity contribution < 1.29 is 4.79 Å². The summed E-state index contributed by atoms with van der Waals surface area (Å²) in [6.07, 6.45) is 5.24. The van der Waals surface area contributed by atoms with E-state index in [0.29, 0.717) is 5.92 Å². The number of anilines is 2. The van der Waals surface area contributed by atoms with E-state index in [1.54, 1.807) is 0 Å². The van der Waals surface area contributed by atoms with Gasteiger partial charge in [-0.3, -0.25) is 4.79 Å². The van der Waals surface area contributed by atoms with Gasteiger partial charge in [0.25, 0.3) is 0 Å². The maximum absolute atomic E-state index is 11.8. The predicted molar refractivity (Wildman–Crippen MR) is 82.5 cm³/mol. The zero-order valence-corrected chi connectivity index (χ0v) is 12.7. The average molecular weight is 289 g/mol. The largest absolute Gasteiger partial charge is 0.373 e. The van der Waals surface area contributed by atoms with Crippen LogP contribution in [-0.2, 0) is 4.79 Å². The smallest absolute Gasteiger partial charge is 0.240 e. The molecule has 1 aromatic rings. The van der Waals surface area contributed by atoms with Crippen LogP contribution >= 0.6 is 0 Å². The molecule has 1 aromatic heterocycles. The van der Waals surface area contributed by atoms with Crippen molar-refractivity contribution in [1.29, 1.82) is 0 Å². The minimum Gasteiger partial charge on any atom is -0.373 e. The van der Waals surface area contributed by atoms with E-state index in [2.05, 4.69) is 15.2 Å². The zero-order chi connectivity index (χ0) is 15.0. The van der Waals surface area contributed by atoms with E-state index in [9.17, 15) is 4.79 Å². The van der Waals surface area contributed by atoms with E-state index < -0.39 is 0 Å². The molecule has 3 N–H and O–H groups in total. The number of aromatic nitrogens is 2. The Balaban J connectivity index is 2.02. The van der Waals surface area contributed by atoms with Gasteiger partial charge < -0.3 is 16.0 Å². The van der Waals surface area contributed by atoms with Crippen LogP contribution in [0.5, 0.6) is 0 Å². The van der Waals surface area contributed by atoms with Crippen LogP contribution in [0.15, 0.2) is 0 Å². The van der Waals surface area contributed by atoms with Gasteiger partial charge in [-0.1, -0.05) is 0 Å². The van der Waals surface area contributed by atoms with Gasteiger partial charge in [-0.15, -0.1) is 0 Å². The minimum atomic E-state index is -0.258. The highest BCUT2D eigenvalue weighted by molar-refractivity contribution is 5.84. The molecule has 1 aliphatic heterocycles. The molecule has 1 amide bonds. The normalized spacial score (nSPS) is 22.2. The van der Waals surface area contributed by atoms with E-state index in [1.165, 1.54) is 0 Å². The van der Waals surface area contributed by atoms with Crippen LogP contribution in [0, 0.1) is 6.92 Å². The van der Waals surface area contributed by atoms with Crippen LogP contribution in [0.4, 0.5) is 11.6 Å². The molecule has 0 radical (unpaired) electrons. The number of hydrogen-bond acceptors (Lipinski definition) is 5. The highest BCUT2D eigenvalue weighted by Crippen LogP contribution is 2.40. The maximum Gasteiger partial charge on any atom is 0.240 e. The standard InChI is InChI=1S/C15H23N5O/c1-9-13(17-2)18-14(10-6-7-10)19-15(9)20-8-4-3-5-11(20)12(16)21/h10-11H,3-8H2,1-2H3,(H2,16,21)(H,17,18,19). The fourth-order valence-corrected chi connectivity index (χ4v) is 3.05. The molecule has 1 saturated carbocycles. The van der Waals surface area contributed by atoms with Crippen LogP contribution < -0.4 is 16.0 Å². The van der Waals surface area contributed by atoms with Gasteiger partial charge in [0.15, 0.2) is 0 Å². The molecule has 2 heterocycles. The maximum atomic E-state index is 11.8. The molecule has 0 aromatic carbocycles. The van der Waals surface area contributed by atoms with E-state index in [-0.39, 0.29) is 11.9 Å². The molecular weight excluding hydrogens is 266 g/mol. The van der Waals surface area contributed by atoms with Crippen molar-refractivity contribution in [2.45, 2.75) is 51.0 Å². The van der Waals surface area contributed by atoms with Crippen molar-refractivity contribution in [3.05, 3.63) is 11.4 Å². The quantitative estimate of drug-likeness (QED) is 0.878. The Labute approximate surface area is 125 Å². The van der Waals surface area contributed by atoms with Gasteiger partial charge in [0, 0.05) is 25.1 Å². The summed E-state index contributed by atoms with van der Waals surface area (Å²) in [5.74, 6) is 2.85. The lowest BCUT2D eigenvalue weighted by molar-refractivity contribution is -0.119. The second kappa shape index (κ2) is 5.50. The Morgan fingerprint density at radius 3 is 2.67 bits per heavy atom. The van der Waals surface area contributed by atoms with Crippen molar-refractivity contribution in [2.75, 3.05) is 23.8 Å². The second-order valence-corrected chi connectivity index (χ2v) is 6.01. The first-order valence-corrected chi connectivity index (χ1v) is 7.74. The van der Waals surface area contributed by atoms with Gasteiger partial charge in [0.2, 0.25) is 5.91 Å². The first-order valence-electron chi connectivity index (χ1n) is 7.74. The molecule has 1 unspecified atom stereocenters. The number of rotatable bonds is 4. The fourth-order valence-electron chi connectivity index (χ4n) is 3.05. The summed E-state index contributed by atoms with van der Waals surface area (Å²) in [7, 11) is 1.87. The Morgan fingerprint density at radius 2 is 2.05 bits per heavy atom. The van der Waals surface area contributed by atoms with Gasteiger partial charge in [-0.2, -0.15) is 0 Å².